The fraction of sp³-hybridized carbons (Fsp3) is 0.600. The Labute approximate surface area is 159 Å². The minimum atomic E-state index is -0.999. The smallest absolute Gasteiger partial charge is 0.252 e. The summed E-state index contributed by atoms with van der Waals surface area (Å²) < 4.78 is 0. The number of rotatable bonds is 5. The van der Waals surface area contributed by atoms with E-state index in [9.17, 15) is 14.7 Å². The predicted molar refractivity (Wildman–Crippen MR) is 98.1 cm³/mol. The molecule has 0 bridgehead atoms. The molecule has 2 N–H and O–H groups in total. The predicted octanol–water partition coefficient (Wildman–Crippen LogP) is 1.50. The zero-order valence-electron chi connectivity index (χ0n) is 15.4. The van der Waals surface area contributed by atoms with Crippen LogP contribution in [0, 0.1) is 17.2 Å². The molecular weight excluding hydrogens is 344 g/mol. The van der Waals surface area contributed by atoms with E-state index in [0.717, 1.165) is 44.1 Å². The van der Waals surface area contributed by atoms with Gasteiger partial charge in [-0.1, -0.05) is 25.3 Å². The number of carbonyl (C=O) groups is 2. The number of hydrogen-bond acceptors (Lipinski definition) is 5. The number of hydrogen-bond donors (Lipinski definition) is 2. The van der Waals surface area contributed by atoms with Gasteiger partial charge >= 0.3 is 0 Å². The second kappa shape index (κ2) is 8.96. The maximum Gasteiger partial charge on any atom is 0.252 e. The first-order chi connectivity index (χ1) is 13.1. The number of aliphatic hydroxyl groups excluding tert-OH is 1. The summed E-state index contributed by atoms with van der Waals surface area (Å²) in [7, 11) is 0. The van der Waals surface area contributed by atoms with Crippen molar-refractivity contribution in [2.75, 3.05) is 6.54 Å². The van der Waals surface area contributed by atoms with E-state index in [-0.39, 0.29) is 17.7 Å². The third-order valence-corrected chi connectivity index (χ3v) is 5.59. The Morgan fingerprint density at radius 3 is 2.70 bits per heavy atom. The molecule has 1 aromatic heterocycles. The summed E-state index contributed by atoms with van der Waals surface area (Å²) in [5.41, 5.74) is 1.12. The minimum absolute atomic E-state index is 0.0142. The van der Waals surface area contributed by atoms with E-state index in [2.05, 4.69) is 10.3 Å². The Hall–Kier alpha value is -2.46. The number of nitrogens with zero attached hydrogens (tertiary/aromatic N) is 3. The fourth-order valence-corrected chi connectivity index (χ4v) is 4.03. The van der Waals surface area contributed by atoms with Crippen LogP contribution < -0.4 is 5.32 Å². The first-order valence-electron chi connectivity index (χ1n) is 9.71. The Balaban J connectivity index is 1.56. The van der Waals surface area contributed by atoms with Gasteiger partial charge in [-0.2, -0.15) is 5.26 Å². The summed E-state index contributed by atoms with van der Waals surface area (Å²) in [6.07, 6.45) is 6.96. The van der Waals surface area contributed by atoms with Gasteiger partial charge in [0.15, 0.2) is 0 Å². The number of nitriles is 1. The van der Waals surface area contributed by atoms with Gasteiger partial charge in [-0.25, -0.2) is 4.98 Å². The highest BCUT2D eigenvalue weighted by Crippen LogP contribution is 2.29. The number of aromatic nitrogens is 1. The highest BCUT2D eigenvalue weighted by atomic mass is 16.3. The van der Waals surface area contributed by atoms with Gasteiger partial charge in [0.25, 0.3) is 5.91 Å². The van der Waals surface area contributed by atoms with Crippen molar-refractivity contribution in [2.24, 2.45) is 5.92 Å². The highest BCUT2D eigenvalue weighted by Gasteiger charge is 2.39. The quantitative estimate of drug-likeness (QED) is 0.817. The van der Waals surface area contributed by atoms with Gasteiger partial charge in [-0.15, -0.1) is 0 Å². The SMILES string of the molecule is N#Cc1ccc(CNC(=O)[C@H]2CCCN2C(=O)C(O)C2CCCCC2)cn1. The summed E-state index contributed by atoms with van der Waals surface area (Å²) >= 11 is 0. The Morgan fingerprint density at radius 1 is 1.26 bits per heavy atom. The maximum absolute atomic E-state index is 12.8. The monoisotopic (exact) mass is 370 g/mol. The van der Waals surface area contributed by atoms with Crippen molar-refractivity contribution in [2.45, 2.75) is 63.6 Å². The molecule has 0 aromatic carbocycles. The number of carbonyl (C=O) groups excluding carboxylic acids is 2. The normalized spacial score (nSPS) is 21.5. The molecule has 144 valence electrons. The van der Waals surface area contributed by atoms with E-state index in [0.29, 0.717) is 25.2 Å². The zero-order valence-corrected chi connectivity index (χ0v) is 15.4. The van der Waals surface area contributed by atoms with Crippen LogP contribution in [0.15, 0.2) is 18.3 Å². The second-order valence-corrected chi connectivity index (χ2v) is 7.41. The summed E-state index contributed by atoms with van der Waals surface area (Å²) in [5, 5.41) is 22.1. The summed E-state index contributed by atoms with van der Waals surface area (Å²) in [4.78, 5) is 30.9. The summed E-state index contributed by atoms with van der Waals surface area (Å²) in [5.74, 6) is -0.499. The van der Waals surface area contributed by atoms with Crippen LogP contribution in [0.25, 0.3) is 0 Å². The lowest BCUT2D eigenvalue weighted by molar-refractivity contribution is -0.148. The average molecular weight is 370 g/mol. The molecule has 1 aliphatic heterocycles. The second-order valence-electron chi connectivity index (χ2n) is 7.41. The topological polar surface area (TPSA) is 106 Å². The number of likely N-dealkylation sites (tertiary alicyclic amines) is 1. The van der Waals surface area contributed by atoms with Crippen molar-refractivity contribution in [3.63, 3.8) is 0 Å². The Morgan fingerprint density at radius 2 is 2.04 bits per heavy atom. The Bertz CT molecular complexity index is 707. The molecule has 1 aliphatic carbocycles. The van der Waals surface area contributed by atoms with E-state index in [1.807, 2.05) is 6.07 Å². The molecule has 2 atom stereocenters. The molecule has 0 radical (unpaired) electrons. The van der Waals surface area contributed by atoms with E-state index in [1.54, 1.807) is 23.2 Å². The van der Waals surface area contributed by atoms with Gasteiger partial charge < -0.3 is 15.3 Å². The minimum Gasteiger partial charge on any atom is -0.383 e. The lowest BCUT2D eigenvalue weighted by Crippen LogP contribution is -2.50. The van der Waals surface area contributed by atoms with Crippen LogP contribution >= 0.6 is 0 Å². The van der Waals surface area contributed by atoms with Gasteiger partial charge in [-0.3, -0.25) is 9.59 Å². The first-order valence-corrected chi connectivity index (χ1v) is 9.71. The van der Waals surface area contributed by atoms with Crippen molar-refractivity contribution >= 4 is 11.8 Å². The van der Waals surface area contributed by atoms with Crippen LogP contribution in [-0.2, 0) is 16.1 Å². The van der Waals surface area contributed by atoms with Crippen LogP contribution in [0.4, 0.5) is 0 Å². The van der Waals surface area contributed by atoms with Crippen molar-refractivity contribution in [1.82, 2.24) is 15.2 Å². The molecule has 2 fully saturated rings. The van der Waals surface area contributed by atoms with E-state index in [1.165, 1.54) is 0 Å². The maximum atomic E-state index is 12.8. The van der Waals surface area contributed by atoms with Crippen LogP contribution in [-0.4, -0.2) is 45.5 Å². The van der Waals surface area contributed by atoms with Gasteiger partial charge in [0.1, 0.15) is 23.9 Å². The molecule has 2 aliphatic rings. The number of pyridine rings is 1. The van der Waals surface area contributed by atoms with Crippen molar-refractivity contribution < 1.29 is 14.7 Å². The molecule has 2 heterocycles. The largest absolute Gasteiger partial charge is 0.383 e. The van der Waals surface area contributed by atoms with E-state index < -0.39 is 12.1 Å². The van der Waals surface area contributed by atoms with Crippen LogP contribution in [0.1, 0.15) is 56.2 Å². The standard InChI is InChI=1S/C20H26N4O3/c21-11-16-9-8-14(12-22-16)13-23-19(26)17-7-4-10-24(17)20(27)18(25)15-5-2-1-3-6-15/h8-9,12,15,17-18,25H,1-7,10,13H2,(H,23,26)/t17-,18?/m1/s1. The van der Waals surface area contributed by atoms with E-state index >= 15 is 0 Å². The molecular formula is C20H26N4O3. The molecule has 1 aromatic rings. The number of amides is 2. The third-order valence-electron chi connectivity index (χ3n) is 5.59. The van der Waals surface area contributed by atoms with Gasteiger partial charge in [0.2, 0.25) is 5.91 Å². The molecule has 7 nitrogen and oxygen atoms in total. The lowest BCUT2D eigenvalue weighted by atomic mass is 9.84. The lowest BCUT2D eigenvalue weighted by Gasteiger charge is -2.31. The molecule has 0 spiro atoms. The average Bonchev–Trinajstić information content (AvgIpc) is 3.22. The fourth-order valence-electron chi connectivity index (χ4n) is 4.03. The van der Waals surface area contributed by atoms with Gasteiger partial charge in [-0.05, 0) is 43.2 Å². The molecule has 3 rings (SSSR count). The molecule has 1 saturated heterocycles. The molecule has 7 heteroatoms. The third kappa shape index (κ3) is 4.64. The molecule has 2 amide bonds. The molecule has 27 heavy (non-hydrogen) atoms. The zero-order chi connectivity index (χ0) is 19.2. The Kier molecular flexibility index (Phi) is 6.40. The molecule has 1 unspecified atom stereocenters. The van der Waals surface area contributed by atoms with Crippen LogP contribution in [0.3, 0.4) is 0 Å². The van der Waals surface area contributed by atoms with Crippen LogP contribution in [0.2, 0.25) is 0 Å². The highest BCUT2D eigenvalue weighted by molar-refractivity contribution is 5.90. The van der Waals surface area contributed by atoms with Crippen molar-refractivity contribution in [3.8, 4) is 6.07 Å². The number of nitrogens with one attached hydrogen (secondary N) is 1. The number of aliphatic hydroxyl groups is 1. The molecule has 1 saturated carbocycles. The summed E-state index contributed by atoms with van der Waals surface area (Å²) in [6, 6.07) is 4.78. The van der Waals surface area contributed by atoms with Crippen molar-refractivity contribution in [1.29, 1.82) is 5.26 Å². The van der Waals surface area contributed by atoms with Crippen molar-refractivity contribution in [3.05, 3.63) is 29.6 Å². The van der Waals surface area contributed by atoms with Gasteiger partial charge in [0, 0.05) is 19.3 Å². The summed E-state index contributed by atoms with van der Waals surface area (Å²) in [6.45, 7) is 0.806. The van der Waals surface area contributed by atoms with Crippen LogP contribution in [0.5, 0.6) is 0 Å². The van der Waals surface area contributed by atoms with E-state index in [4.69, 9.17) is 5.26 Å². The first kappa shape index (κ1) is 19.3. The van der Waals surface area contributed by atoms with Gasteiger partial charge in [0.05, 0.1) is 0 Å².